The van der Waals surface area contributed by atoms with Gasteiger partial charge < -0.3 is 10.2 Å². The summed E-state index contributed by atoms with van der Waals surface area (Å²) in [6, 6.07) is 6.98. The van der Waals surface area contributed by atoms with E-state index in [4.69, 9.17) is 10.2 Å². The van der Waals surface area contributed by atoms with Gasteiger partial charge in [0.25, 0.3) is 5.22 Å². The van der Waals surface area contributed by atoms with E-state index in [0.717, 1.165) is 0 Å². The molecule has 0 spiro atoms. The van der Waals surface area contributed by atoms with E-state index in [9.17, 15) is 4.21 Å². The summed E-state index contributed by atoms with van der Waals surface area (Å²) in [5.74, 6) is 0.407. The van der Waals surface area contributed by atoms with Gasteiger partial charge >= 0.3 is 0 Å². The van der Waals surface area contributed by atoms with Crippen LogP contribution in [0.25, 0.3) is 11.1 Å². The summed E-state index contributed by atoms with van der Waals surface area (Å²) in [5, 5.41) is 4.28. The summed E-state index contributed by atoms with van der Waals surface area (Å²) in [6.07, 6.45) is 3.51. The molecule has 0 fully saturated rings. The minimum Gasteiger partial charge on any atom is -0.430 e. The van der Waals surface area contributed by atoms with Crippen LogP contribution in [-0.2, 0) is 17.3 Å². The van der Waals surface area contributed by atoms with Gasteiger partial charge in [0, 0.05) is 18.1 Å². The smallest absolute Gasteiger partial charge is 0.288 e. The zero-order valence-electron chi connectivity index (χ0n) is 10.0. The number of anilines is 1. The van der Waals surface area contributed by atoms with Gasteiger partial charge in [-0.2, -0.15) is 5.10 Å². The van der Waals surface area contributed by atoms with Gasteiger partial charge in [-0.05, 0) is 24.3 Å². The van der Waals surface area contributed by atoms with Crippen LogP contribution in [0.3, 0.4) is 0 Å². The van der Waals surface area contributed by atoms with Crippen LogP contribution < -0.4 is 5.73 Å². The number of hydrogen-bond acceptors (Lipinski definition) is 5. The molecule has 7 heteroatoms. The summed E-state index contributed by atoms with van der Waals surface area (Å²) >= 11 is 0. The maximum absolute atomic E-state index is 12.1. The maximum Gasteiger partial charge on any atom is 0.288 e. The molecular formula is C12H12N4O2S. The standard InChI is InChI=1S/C12H12N4O2S/c13-9-2-3-11-10(8-9)15-12(18-11)19(17)7-6-16-5-1-4-14-16/h1-5,8H,6-7,13H2. The summed E-state index contributed by atoms with van der Waals surface area (Å²) in [7, 11) is -1.29. The van der Waals surface area contributed by atoms with Gasteiger partial charge in [-0.25, -0.2) is 9.19 Å². The lowest BCUT2D eigenvalue weighted by atomic mass is 10.3. The van der Waals surface area contributed by atoms with Crippen molar-refractivity contribution in [3.8, 4) is 0 Å². The average molecular weight is 276 g/mol. The molecule has 0 saturated heterocycles. The second-order valence-corrected chi connectivity index (χ2v) is 5.47. The number of rotatable bonds is 4. The Balaban J connectivity index is 1.77. The topological polar surface area (TPSA) is 86.9 Å². The van der Waals surface area contributed by atoms with Crippen molar-refractivity contribution in [2.75, 3.05) is 11.5 Å². The SMILES string of the molecule is Nc1ccc2oc(S(=O)CCn3cccn3)nc2c1. The van der Waals surface area contributed by atoms with Gasteiger partial charge in [0.1, 0.15) is 16.3 Å². The molecule has 98 valence electrons. The highest BCUT2D eigenvalue weighted by molar-refractivity contribution is 7.84. The van der Waals surface area contributed by atoms with E-state index >= 15 is 0 Å². The minimum atomic E-state index is -1.29. The largest absolute Gasteiger partial charge is 0.430 e. The van der Waals surface area contributed by atoms with Crippen LogP contribution in [0.5, 0.6) is 0 Å². The molecule has 2 heterocycles. The van der Waals surface area contributed by atoms with Crippen LogP contribution in [0.15, 0.2) is 46.3 Å². The molecule has 19 heavy (non-hydrogen) atoms. The molecule has 1 atom stereocenters. The maximum atomic E-state index is 12.1. The third-order valence-corrected chi connectivity index (χ3v) is 3.77. The lowest BCUT2D eigenvalue weighted by Crippen LogP contribution is -2.08. The first-order valence-electron chi connectivity index (χ1n) is 5.74. The predicted octanol–water partition coefficient (Wildman–Crippen LogP) is 1.41. The van der Waals surface area contributed by atoms with Crippen LogP contribution in [0.4, 0.5) is 5.69 Å². The van der Waals surface area contributed by atoms with E-state index in [1.54, 1.807) is 29.1 Å². The zero-order valence-corrected chi connectivity index (χ0v) is 10.8. The third-order valence-electron chi connectivity index (χ3n) is 2.65. The van der Waals surface area contributed by atoms with Gasteiger partial charge in [-0.3, -0.25) is 4.68 Å². The number of benzene rings is 1. The molecule has 0 amide bonds. The number of aryl methyl sites for hydroxylation is 1. The van der Waals surface area contributed by atoms with Crippen LogP contribution in [0.1, 0.15) is 0 Å². The first kappa shape index (κ1) is 11.9. The number of fused-ring (bicyclic) bond motifs is 1. The normalized spacial score (nSPS) is 12.8. The van der Waals surface area contributed by atoms with Crippen molar-refractivity contribution < 1.29 is 8.63 Å². The van der Waals surface area contributed by atoms with Crippen molar-refractivity contribution in [1.29, 1.82) is 0 Å². The molecule has 0 bridgehead atoms. The molecule has 2 N–H and O–H groups in total. The fraction of sp³-hybridized carbons (Fsp3) is 0.167. The van der Waals surface area contributed by atoms with E-state index in [2.05, 4.69) is 10.1 Å². The summed E-state index contributed by atoms with van der Waals surface area (Å²) in [5.41, 5.74) is 7.49. The highest BCUT2D eigenvalue weighted by Gasteiger charge is 2.13. The fourth-order valence-electron chi connectivity index (χ4n) is 1.72. The lowest BCUT2D eigenvalue weighted by molar-refractivity contribution is 0.476. The van der Waals surface area contributed by atoms with E-state index < -0.39 is 10.8 Å². The highest BCUT2D eigenvalue weighted by Crippen LogP contribution is 2.20. The van der Waals surface area contributed by atoms with Gasteiger partial charge in [-0.1, -0.05) is 0 Å². The molecule has 3 rings (SSSR count). The minimum absolute atomic E-state index is 0.229. The fourth-order valence-corrected chi connectivity index (χ4v) is 2.63. The molecule has 0 saturated carbocycles. The first-order valence-corrected chi connectivity index (χ1v) is 7.06. The third kappa shape index (κ3) is 2.50. The molecule has 0 aliphatic heterocycles. The first-order chi connectivity index (χ1) is 9.22. The zero-order chi connectivity index (χ0) is 13.2. The molecule has 0 radical (unpaired) electrons. The number of nitrogens with zero attached hydrogens (tertiary/aromatic N) is 3. The molecule has 1 unspecified atom stereocenters. The molecule has 2 aromatic heterocycles. The van der Waals surface area contributed by atoms with E-state index in [1.165, 1.54) is 0 Å². The summed E-state index contributed by atoms with van der Waals surface area (Å²) in [4.78, 5) is 4.20. The number of nitrogens with two attached hydrogens (primary N) is 1. The Morgan fingerprint density at radius 1 is 1.42 bits per heavy atom. The van der Waals surface area contributed by atoms with Crippen LogP contribution in [-0.4, -0.2) is 24.7 Å². The molecule has 1 aromatic carbocycles. The average Bonchev–Trinajstić information content (AvgIpc) is 3.04. The lowest BCUT2D eigenvalue weighted by Gasteiger charge is -1.98. The number of hydrogen-bond donors (Lipinski definition) is 1. The van der Waals surface area contributed by atoms with Gasteiger partial charge in [0.15, 0.2) is 5.58 Å². The van der Waals surface area contributed by atoms with Gasteiger partial charge in [0.2, 0.25) is 0 Å². The highest BCUT2D eigenvalue weighted by atomic mass is 32.2. The van der Waals surface area contributed by atoms with E-state index in [-0.39, 0.29) is 5.22 Å². The Kier molecular flexibility index (Phi) is 3.04. The van der Waals surface area contributed by atoms with Crippen molar-refractivity contribution in [1.82, 2.24) is 14.8 Å². The van der Waals surface area contributed by atoms with Crippen LogP contribution >= 0.6 is 0 Å². The van der Waals surface area contributed by atoms with Crippen molar-refractivity contribution in [2.45, 2.75) is 11.8 Å². The van der Waals surface area contributed by atoms with Crippen molar-refractivity contribution in [3.63, 3.8) is 0 Å². The van der Waals surface area contributed by atoms with Crippen LogP contribution in [0.2, 0.25) is 0 Å². The number of oxazole rings is 1. The number of nitrogen functional groups attached to an aromatic ring is 1. The van der Waals surface area contributed by atoms with Gasteiger partial charge in [-0.15, -0.1) is 0 Å². The molecule has 3 aromatic rings. The predicted molar refractivity (Wildman–Crippen MR) is 71.9 cm³/mol. The van der Waals surface area contributed by atoms with Crippen molar-refractivity contribution in [3.05, 3.63) is 36.7 Å². The molecule has 0 aliphatic carbocycles. The summed E-state index contributed by atoms with van der Waals surface area (Å²) < 4.78 is 19.3. The Hall–Kier alpha value is -2.15. The summed E-state index contributed by atoms with van der Waals surface area (Å²) in [6.45, 7) is 0.556. The van der Waals surface area contributed by atoms with Gasteiger partial charge in [0.05, 0.1) is 12.3 Å². The second kappa shape index (κ2) is 4.85. The van der Waals surface area contributed by atoms with Crippen molar-refractivity contribution in [2.24, 2.45) is 0 Å². The van der Waals surface area contributed by atoms with E-state index in [0.29, 0.717) is 29.1 Å². The molecule has 0 aliphatic rings. The van der Waals surface area contributed by atoms with Crippen LogP contribution in [0, 0.1) is 0 Å². The second-order valence-electron chi connectivity index (χ2n) is 4.03. The Labute approximate surface area is 111 Å². The Morgan fingerprint density at radius 2 is 2.32 bits per heavy atom. The molecule has 6 nitrogen and oxygen atoms in total. The Morgan fingerprint density at radius 3 is 3.11 bits per heavy atom. The monoisotopic (exact) mass is 276 g/mol. The van der Waals surface area contributed by atoms with Crippen molar-refractivity contribution >= 4 is 27.6 Å². The Bertz CT molecular complexity index is 720. The van der Waals surface area contributed by atoms with E-state index in [1.807, 2.05) is 12.3 Å². The molecular weight excluding hydrogens is 264 g/mol. The quantitative estimate of drug-likeness (QED) is 0.728. The number of aromatic nitrogens is 3.